The van der Waals surface area contributed by atoms with Crippen molar-refractivity contribution in [3.05, 3.63) is 18.2 Å². The maximum absolute atomic E-state index is 6.43. The molecule has 21 heavy (non-hydrogen) atoms. The predicted molar refractivity (Wildman–Crippen MR) is 84.8 cm³/mol. The van der Waals surface area contributed by atoms with E-state index in [-0.39, 0.29) is 11.1 Å². The fourth-order valence-electron chi connectivity index (χ4n) is 6.81. The third-order valence-corrected chi connectivity index (χ3v) is 6.41. The molecule has 2 N–H and O–H groups in total. The first kappa shape index (κ1) is 13.8. The first-order valence-electron chi connectivity index (χ1n) is 8.46. The first-order chi connectivity index (χ1) is 9.63. The van der Waals surface area contributed by atoms with Gasteiger partial charge in [0.2, 0.25) is 0 Å². The molecule has 0 spiro atoms. The molecule has 0 radical (unpaired) electrons. The molecule has 4 bridgehead atoms. The molecule has 4 fully saturated rings. The number of nitrogens with zero attached hydrogens (tertiary/aromatic N) is 2. The molecule has 4 aliphatic carbocycles. The van der Waals surface area contributed by atoms with Crippen molar-refractivity contribution in [3.8, 4) is 0 Å². The molecular weight excluding hydrogens is 258 g/mol. The average molecular weight is 287 g/mol. The first-order valence-corrected chi connectivity index (χ1v) is 8.46. The fraction of sp³-hybridized carbons (Fsp3) is 0.833. The van der Waals surface area contributed by atoms with Gasteiger partial charge in [-0.05, 0) is 69.1 Å². The van der Waals surface area contributed by atoms with Gasteiger partial charge >= 0.3 is 0 Å². The molecule has 0 aromatic carbocycles. The van der Waals surface area contributed by atoms with Crippen LogP contribution in [-0.2, 0) is 11.1 Å². The van der Waals surface area contributed by atoms with Gasteiger partial charge in [-0.15, -0.1) is 0 Å². The van der Waals surface area contributed by atoms with E-state index in [2.05, 4.69) is 43.6 Å². The van der Waals surface area contributed by atoms with Gasteiger partial charge in [-0.2, -0.15) is 0 Å². The molecule has 4 saturated carbocycles. The summed E-state index contributed by atoms with van der Waals surface area (Å²) < 4.78 is 2.48. The third-order valence-electron chi connectivity index (χ3n) is 6.41. The minimum Gasteiger partial charge on any atom is -0.327 e. The maximum Gasteiger partial charge on any atom is 0.0954 e. The smallest absolute Gasteiger partial charge is 0.0954 e. The zero-order valence-corrected chi connectivity index (χ0v) is 13.9. The Morgan fingerprint density at radius 1 is 1.14 bits per heavy atom. The molecule has 116 valence electrons. The van der Waals surface area contributed by atoms with Gasteiger partial charge < -0.3 is 10.3 Å². The largest absolute Gasteiger partial charge is 0.327 e. The normalized spacial score (nSPS) is 45.3. The van der Waals surface area contributed by atoms with Crippen LogP contribution < -0.4 is 5.73 Å². The van der Waals surface area contributed by atoms with Crippen LogP contribution in [0.5, 0.6) is 0 Å². The number of rotatable bonds is 2. The molecular formula is C18H29N3. The molecule has 0 saturated heterocycles. The summed E-state index contributed by atoms with van der Waals surface area (Å²) in [5.74, 6) is 0.896. The lowest BCUT2D eigenvalue weighted by molar-refractivity contribution is -0.137. The van der Waals surface area contributed by atoms with Crippen LogP contribution in [0.25, 0.3) is 0 Å². The van der Waals surface area contributed by atoms with E-state index < -0.39 is 0 Å². The van der Waals surface area contributed by atoms with Gasteiger partial charge in [-0.1, -0.05) is 13.8 Å². The quantitative estimate of drug-likeness (QED) is 0.899. The molecule has 1 aromatic heterocycles. The van der Waals surface area contributed by atoms with Crippen molar-refractivity contribution in [2.45, 2.75) is 77.3 Å². The summed E-state index contributed by atoms with van der Waals surface area (Å²) in [7, 11) is 0. The summed E-state index contributed by atoms with van der Waals surface area (Å²) in [6, 6.07) is 0. The minimum absolute atomic E-state index is 0.269. The molecule has 1 heterocycles. The summed E-state index contributed by atoms with van der Waals surface area (Å²) in [6.07, 6.45) is 12.3. The Balaban J connectivity index is 1.84. The van der Waals surface area contributed by atoms with Crippen molar-refractivity contribution >= 4 is 0 Å². The van der Waals surface area contributed by atoms with Crippen LogP contribution >= 0.6 is 0 Å². The zero-order valence-electron chi connectivity index (χ0n) is 13.9. The van der Waals surface area contributed by atoms with E-state index in [4.69, 9.17) is 5.73 Å². The number of imidazole rings is 1. The van der Waals surface area contributed by atoms with E-state index in [1.54, 1.807) is 0 Å². The van der Waals surface area contributed by atoms with Crippen molar-refractivity contribution in [2.24, 2.45) is 22.5 Å². The van der Waals surface area contributed by atoms with Crippen molar-refractivity contribution in [3.63, 3.8) is 0 Å². The molecule has 0 amide bonds. The van der Waals surface area contributed by atoms with Crippen LogP contribution in [0.1, 0.15) is 71.9 Å². The number of hydrogen-bond acceptors (Lipinski definition) is 2. The lowest BCUT2D eigenvalue weighted by Gasteiger charge is -2.66. The van der Waals surface area contributed by atoms with Crippen molar-refractivity contribution in [2.75, 3.05) is 0 Å². The number of aromatic nitrogens is 2. The summed E-state index contributed by atoms with van der Waals surface area (Å²) in [4.78, 5) is 4.47. The van der Waals surface area contributed by atoms with Crippen LogP contribution in [0.15, 0.2) is 12.5 Å². The minimum atomic E-state index is -0.318. The summed E-state index contributed by atoms with van der Waals surface area (Å²) in [5, 5.41) is 0. The van der Waals surface area contributed by atoms with Crippen molar-refractivity contribution < 1.29 is 0 Å². The zero-order chi connectivity index (χ0) is 15.1. The molecule has 0 aliphatic heterocycles. The second-order valence-electron chi connectivity index (χ2n) is 9.72. The molecule has 3 nitrogen and oxygen atoms in total. The highest BCUT2D eigenvalue weighted by Crippen LogP contribution is 2.68. The average Bonchev–Trinajstić information content (AvgIpc) is 2.71. The third kappa shape index (κ3) is 1.93. The van der Waals surface area contributed by atoms with E-state index in [1.807, 2.05) is 6.20 Å². The Morgan fingerprint density at radius 2 is 1.76 bits per heavy atom. The number of hydrogen-bond donors (Lipinski definition) is 1. The standard InChI is InChI=1S/C18H29N3/c1-15(2,19)14-8-20-12-21(14)18-7-13-5-16(3,10-18)9-17(4,6-13)11-18/h8,12-13H,5-7,9-11,19H2,1-4H3. The van der Waals surface area contributed by atoms with Crippen LogP contribution in [-0.4, -0.2) is 9.55 Å². The highest BCUT2D eigenvalue weighted by atomic mass is 15.2. The summed E-state index contributed by atoms with van der Waals surface area (Å²) in [5.41, 5.74) is 8.63. The van der Waals surface area contributed by atoms with Gasteiger partial charge in [0.05, 0.1) is 23.8 Å². The monoisotopic (exact) mass is 287 g/mol. The molecule has 4 aliphatic rings. The lowest BCUT2D eigenvalue weighted by atomic mass is 9.42. The van der Waals surface area contributed by atoms with E-state index in [9.17, 15) is 0 Å². The fourth-order valence-corrected chi connectivity index (χ4v) is 6.81. The molecule has 2 atom stereocenters. The second-order valence-corrected chi connectivity index (χ2v) is 9.72. The molecule has 1 aromatic rings. The van der Waals surface area contributed by atoms with Crippen LogP contribution in [0.2, 0.25) is 0 Å². The topological polar surface area (TPSA) is 43.8 Å². The predicted octanol–water partition coefficient (Wildman–Crippen LogP) is 3.78. The van der Waals surface area contributed by atoms with Crippen LogP contribution in [0, 0.1) is 16.7 Å². The van der Waals surface area contributed by atoms with Crippen LogP contribution in [0.4, 0.5) is 0 Å². The Labute approximate surface area is 128 Å². The maximum atomic E-state index is 6.43. The van der Waals surface area contributed by atoms with E-state index in [1.165, 1.54) is 44.2 Å². The van der Waals surface area contributed by atoms with Gasteiger partial charge in [0.1, 0.15) is 0 Å². The highest BCUT2D eigenvalue weighted by Gasteiger charge is 2.61. The Hall–Kier alpha value is -0.830. The molecule has 2 unspecified atom stereocenters. The van der Waals surface area contributed by atoms with Crippen molar-refractivity contribution in [1.82, 2.24) is 9.55 Å². The van der Waals surface area contributed by atoms with E-state index in [0.29, 0.717) is 10.8 Å². The van der Waals surface area contributed by atoms with Gasteiger partial charge in [-0.3, -0.25) is 0 Å². The van der Waals surface area contributed by atoms with E-state index in [0.717, 1.165) is 5.92 Å². The Bertz CT molecular complexity index is 562. The highest BCUT2D eigenvalue weighted by molar-refractivity contribution is 5.19. The number of nitrogens with two attached hydrogens (primary N) is 1. The summed E-state index contributed by atoms with van der Waals surface area (Å²) >= 11 is 0. The van der Waals surface area contributed by atoms with Crippen molar-refractivity contribution in [1.29, 1.82) is 0 Å². The molecule has 3 heteroatoms. The van der Waals surface area contributed by atoms with Gasteiger partial charge in [-0.25, -0.2) is 4.98 Å². The summed E-state index contributed by atoms with van der Waals surface area (Å²) in [6.45, 7) is 9.25. The van der Waals surface area contributed by atoms with Crippen LogP contribution in [0.3, 0.4) is 0 Å². The van der Waals surface area contributed by atoms with E-state index >= 15 is 0 Å². The second kappa shape index (κ2) is 3.73. The van der Waals surface area contributed by atoms with Gasteiger partial charge in [0.15, 0.2) is 0 Å². The SMILES string of the molecule is CC12CC3CC(C)(C1)CC(n1cncc1C(C)(C)N)(C3)C2. The lowest BCUT2D eigenvalue weighted by Crippen LogP contribution is -2.59. The van der Waals surface area contributed by atoms with Gasteiger partial charge in [0.25, 0.3) is 0 Å². The van der Waals surface area contributed by atoms with Gasteiger partial charge in [0, 0.05) is 5.54 Å². The molecule has 5 rings (SSSR count). The Kier molecular flexibility index (Phi) is 2.45. The Morgan fingerprint density at radius 3 is 2.29 bits per heavy atom.